The van der Waals surface area contributed by atoms with Gasteiger partial charge in [-0.15, -0.1) is 0 Å². The zero-order valence-electron chi connectivity index (χ0n) is 15.5. The lowest BCUT2D eigenvalue weighted by Crippen LogP contribution is -2.29. The van der Waals surface area contributed by atoms with Crippen LogP contribution in [0.5, 0.6) is 0 Å². The molecular formula is C19H18N8O2. The van der Waals surface area contributed by atoms with Crippen molar-refractivity contribution in [2.24, 2.45) is 0 Å². The third-order valence-electron chi connectivity index (χ3n) is 4.91. The molecule has 1 fully saturated rings. The lowest BCUT2D eigenvalue weighted by Gasteiger charge is -2.15. The minimum atomic E-state index is -0.122. The van der Waals surface area contributed by atoms with E-state index in [1.807, 2.05) is 29.1 Å². The maximum Gasteiger partial charge on any atom is 0.275 e. The quantitative estimate of drug-likeness (QED) is 0.508. The van der Waals surface area contributed by atoms with E-state index in [2.05, 4.69) is 25.3 Å². The molecule has 4 aromatic rings. The van der Waals surface area contributed by atoms with Crippen LogP contribution in [0.4, 0.5) is 0 Å². The van der Waals surface area contributed by atoms with Gasteiger partial charge < -0.3 is 9.32 Å². The number of oxazole rings is 1. The molecule has 0 spiro atoms. The molecular weight excluding hydrogens is 372 g/mol. The molecule has 0 radical (unpaired) electrons. The van der Waals surface area contributed by atoms with Gasteiger partial charge >= 0.3 is 0 Å². The van der Waals surface area contributed by atoms with Gasteiger partial charge in [0.15, 0.2) is 5.69 Å². The van der Waals surface area contributed by atoms with Crippen LogP contribution in [-0.2, 0) is 6.42 Å². The van der Waals surface area contributed by atoms with E-state index >= 15 is 0 Å². The molecule has 10 nitrogen and oxygen atoms in total. The van der Waals surface area contributed by atoms with E-state index in [1.165, 1.54) is 11.1 Å². The fourth-order valence-corrected chi connectivity index (χ4v) is 3.43. The van der Waals surface area contributed by atoms with Gasteiger partial charge in [-0.3, -0.25) is 14.5 Å². The first-order valence-corrected chi connectivity index (χ1v) is 9.31. The number of hydrogen-bond acceptors (Lipinski definition) is 7. The fourth-order valence-electron chi connectivity index (χ4n) is 3.43. The Morgan fingerprint density at radius 2 is 2.07 bits per heavy atom. The van der Waals surface area contributed by atoms with Crippen LogP contribution in [0.2, 0.25) is 0 Å². The number of likely N-dealkylation sites (tertiary alicyclic amines) is 1. The number of carbonyl (C=O) groups is 1. The molecule has 4 aromatic heterocycles. The topological polar surface area (TPSA) is 108 Å². The van der Waals surface area contributed by atoms with Crippen molar-refractivity contribution in [3.05, 3.63) is 72.7 Å². The molecule has 5 heterocycles. The van der Waals surface area contributed by atoms with Gasteiger partial charge in [-0.1, -0.05) is 0 Å². The summed E-state index contributed by atoms with van der Waals surface area (Å²) in [4.78, 5) is 24.8. The summed E-state index contributed by atoms with van der Waals surface area (Å²) in [6.07, 6.45) is 11.3. The maximum absolute atomic E-state index is 12.7. The van der Waals surface area contributed by atoms with Gasteiger partial charge in [-0.25, -0.2) is 4.98 Å². The predicted octanol–water partition coefficient (Wildman–Crippen LogP) is 1.52. The summed E-state index contributed by atoms with van der Waals surface area (Å²) in [7, 11) is 0. The van der Waals surface area contributed by atoms with Crippen molar-refractivity contribution >= 4 is 5.91 Å². The average Bonchev–Trinajstić information content (AvgIpc) is 3.56. The Kier molecular flexibility index (Phi) is 4.35. The smallest absolute Gasteiger partial charge is 0.275 e. The van der Waals surface area contributed by atoms with Gasteiger partial charge in [0.25, 0.3) is 5.91 Å². The van der Waals surface area contributed by atoms with Gasteiger partial charge in [0.2, 0.25) is 5.89 Å². The van der Waals surface area contributed by atoms with Crippen LogP contribution in [0, 0.1) is 0 Å². The third kappa shape index (κ3) is 3.51. The number of rotatable bonds is 5. The standard InChI is InChI=1S/C19H18N8O2/c28-19(25-9-4-16(12-25)26-8-1-5-21-26)17-13-29-18(24-17)10-14-2-3-15(11-20-14)27-22-6-7-23-27/h1-3,5-8,11,13,16H,4,9-10,12H2. The molecule has 1 saturated heterocycles. The molecule has 0 aliphatic carbocycles. The maximum atomic E-state index is 12.7. The van der Waals surface area contributed by atoms with Crippen molar-refractivity contribution in [2.45, 2.75) is 18.9 Å². The number of carbonyl (C=O) groups excluding carboxylic acids is 1. The second kappa shape index (κ2) is 7.30. The van der Waals surface area contributed by atoms with Crippen LogP contribution in [0.3, 0.4) is 0 Å². The molecule has 29 heavy (non-hydrogen) atoms. The first-order valence-electron chi connectivity index (χ1n) is 9.31. The Labute approximate surface area is 165 Å². The van der Waals surface area contributed by atoms with Crippen LogP contribution >= 0.6 is 0 Å². The van der Waals surface area contributed by atoms with Crippen LogP contribution in [0.25, 0.3) is 5.69 Å². The van der Waals surface area contributed by atoms with E-state index in [0.717, 1.165) is 17.8 Å². The molecule has 0 aromatic carbocycles. The molecule has 0 bridgehead atoms. The molecule has 1 unspecified atom stereocenters. The Morgan fingerprint density at radius 1 is 1.17 bits per heavy atom. The highest BCUT2D eigenvalue weighted by Crippen LogP contribution is 2.22. The molecule has 146 valence electrons. The van der Waals surface area contributed by atoms with Gasteiger partial charge in [0.1, 0.15) is 12.0 Å². The summed E-state index contributed by atoms with van der Waals surface area (Å²) < 4.78 is 7.40. The normalized spacial score (nSPS) is 16.4. The Balaban J connectivity index is 1.23. The number of nitrogens with zero attached hydrogens (tertiary/aromatic N) is 8. The number of amides is 1. The minimum absolute atomic E-state index is 0.122. The summed E-state index contributed by atoms with van der Waals surface area (Å²) in [5, 5.41) is 12.4. The van der Waals surface area contributed by atoms with Crippen molar-refractivity contribution < 1.29 is 9.21 Å². The van der Waals surface area contributed by atoms with E-state index < -0.39 is 0 Å². The number of aromatic nitrogens is 7. The minimum Gasteiger partial charge on any atom is -0.448 e. The second-order valence-electron chi connectivity index (χ2n) is 6.81. The molecule has 1 aliphatic heterocycles. The molecule has 10 heteroatoms. The van der Waals surface area contributed by atoms with Gasteiger partial charge in [-0.05, 0) is 24.6 Å². The van der Waals surface area contributed by atoms with Crippen molar-refractivity contribution in [3.63, 3.8) is 0 Å². The Bertz CT molecular complexity index is 1090. The Morgan fingerprint density at radius 3 is 2.83 bits per heavy atom. The van der Waals surface area contributed by atoms with Crippen LogP contribution in [0.15, 0.2) is 59.9 Å². The highest BCUT2D eigenvalue weighted by atomic mass is 16.3. The van der Waals surface area contributed by atoms with E-state index in [4.69, 9.17) is 4.42 Å². The SMILES string of the molecule is O=C(c1coc(Cc2ccc(-n3nccn3)cn2)n1)N1CCC(n2cccn2)C1. The Hall–Kier alpha value is -3.82. The number of hydrogen-bond donors (Lipinski definition) is 0. The monoisotopic (exact) mass is 390 g/mol. The molecule has 0 saturated carbocycles. The largest absolute Gasteiger partial charge is 0.448 e. The molecule has 1 amide bonds. The van der Waals surface area contributed by atoms with Crippen LogP contribution in [-0.4, -0.2) is 58.6 Å². The van der Waals surface area contributed by atoms with Crippen LogP contribution in [0.1, 0.15) is 34.5 Å². The van der Waals surface area contributed by atoms with Gasteiger partial charge in [0.05, 0.1) is 31.1 Å². The lowest BCUT2D eigenvalue weighted by molar-refractivity contribution is 0.0781. The molecule has 0 N–H and O–H groups in total. The molecule has 1 aliphatic rings. The van der Waals surface area contributed by atoms with Crippen molar-refractivity contribution in [3.8, 4) is 5.69 Å². The van der Waals surface area contributed by atoms with E-state index in [1.54, 1.807) is 29.7 Å². The first kappa shape index (κ1) is 17.3. The van der Waals surface area contributed by atoms with Gasteiger partial charge in [0, 0.05) is 31.2 Å². The zero-order chi connectivity index (χ0) is 19.6. The fraction of sp³-hybridized carbons (Fsp3) is 0.263. The number of pyridine rings is 1. The van der Waals surface area contributed by atoms with E-state index in [-0.39, 0.29) is 11.9 Å². The summed E-state index contributed by atoms with van der Waals surface area (Å²) >= 11 is 0. The summed E-state index contributed by atoms with van der Waals surface area (Å²) in [5.41, 5.74) is 1.86. The molecule has 5 rings (SSSR count). The van der Waals surface area contributed by atoms with E-state index in [9.17, 15) is 4.79 Å². The zero-order valence-corrected chi connectivity index (χ0v) is 15.5. The lowest BCUT2D eigenvalue weighted by atomic mass is 10.2. The molecule has 1 atom stereocenters. The van der Waals surface area contributed by atoms with Gasteiger partial charge in [-0.2, -0.15) is 20.1 Å². The predicted molar refractivity (Wildman–Crippen MR) is 100 cm³/mol. The van der Waals surface area contributed by atoms with E-state index in [0.29, 0.717) is 31.1 Å². The highest BCUT2D eigenvalue weighted by molar-refractivity contribution is 5.92. The van der Waals surface area contributed by atoms with Crippen molar-refractivity contribution in [1.82, 2.24) is 39.6 Å². The average molecular weight is 390 g/mol. The summed E-state index contributed by atoms with van der Waals surface area (Å²) in [6.45, 7) is 1.29. The van der Waals surface area contributed by atoms with Crippen molar-refractivity contribution in [2.75, 3.05) is 13.1 Å². The highest BCUT2D eigenvalue weighted by Gasteiger charge is 2.29. The summed E-state index contributed by atoms with van der Waals surface area (Å²) in [5.74, 6) is 0.330. The summed E-state index contributed by atoms with van der Waals surface area (Å²) in [6, 6.07) is 5.82. The second-order valence-corrected chi connectivity index (χ2v) is 6.81. The van der Waals surface area contributed by atoms with Crippen molar-refractivity contribution in [1.29, 1.82) is 0 Å². The van der Waals surface area contributed by atoms with Crippen LogP contribution < -0.4 is 0 Å². The third-order valence-corrected chi connectivity index (χ3v) is 4.91. The first-order chi connectivity index (χ1) is 14.3.